The molecule has 1 aromatic carbocycles. The summed E-state index contributed by atoms with van der Waals surface area (Å²) in [5.41, 5.74) is 2.24. The fourth-order valence-electron chi connectivity index (χ4n) is 1.86. The van der Waals surface area contributed by atoms with Crippen molar-refractivity contribution in [2.24, 2.45) is 9.98 Å². The van der Waals surface area contributed by atoms with Crippen molar-refractivity contribution in [3.63, 3.8) is 0 Å². The average Bonchev–Trinajstić information content (AvgIpc) is 2.32. The molecule has 4 nitrogen and oxygen atoms in total. The quantitative estimate of drug-likeness (QED) is 0.569. The highest BCUT2D eigenvalue weighted by molar-refractivity contribution is 5.35. The molecule has 0 N–H and O–H groups in total. The molecule has 0 amide bonds. The number of aliphatic imine (C=N–C) groups is 2. The first-order valence-corrected chi connectivity index (χ1v) is 5.88. The standard InChI is InChI=1S/C14H16N2O2/c1-11(15-9-17)7-13-5-3-4-6-14(13)8-12(2)16-10-18/h3-6,11-12H,7-8H2,1-2H3. The van der Waals surface area contributed by atoms with E-state index in [1.165, 1.54) is 0 Å². The maximum atomic E-state index is 10.2. The highest BCUT2D eigenvalue weighted by atomic mass is 16.1. The van der Waals surface area contributed by atoms with Gasteiger partial charge in [-0.25, -0.2) is 19.6 Å². The van der Waals surface area contributed by atoms with Crippen molar-refractivity contribution in [3.8, 4) is 0 Å². The summed E-state index contributed by atoms with van der Waals surface area (Å²) in [6, 6.07) is 7.72. The third-order valence-electron chi connectivity index (χ3n) is 2.70. The van der Waals surface area contributed by atoms with Crippen LogP contribution in [-0.4, -0.2) is 24.2 Å². The van der Waals surface area contributed by atoms with Gasteiger partial charge in [-0.05, 0) is 37.8 Å². The van der Waals surface area contributed by atoms with Gasteiger partial charge in [0.05, 0.1) is 12.1 Å². The Morgan fingerprint density at radius 2 is 1.33 bits per heavy atom. The molecule has 18 heavy (non-hydrogen) atoms. The van der Waals surface area contributed by atoms with Gasteiger partial charge in [-0.15, -0.1) is 0 Å². The molecule has 0 fully saturated rings. The van der Waals surface area contributed by atoms with Gasteiger partial charge in [-0.3, -0.25) is 0 Å². The van der Waals surface area contributed by atoms with E-state index >= 15 is 0 Å². The molecule has 1 rings (SSSR count). The summed E-state index contributed by atoms with van der Waals surface area (Å²) in [6.07, 6.45) is 4.51. The van der Waals surface area contributed by atoms with Crippen LogP contribution in [0.15, 0.2) is 34.3 Å². The second-order valence-corrected chi connectivity index (χ2v) is 4.32. The lowest BCUT2D eigenvalue weighted by Gasteiger charge is -2.12. The van der Waals surface area contributed by atoms with Crippen molar-refractivity contribution in [3.05, 3.63) is 35.4 Å². The zero-order valence-corrected chi connectivity index (χ0v) is 10.6. The third kappa shape index (κ3) is 4.46. The Labute approximate surface area is 106 Å². The lowest BCUT2D eigenvalue weighted by Crippen LogP contribution is -2.09. The molecule has 0 radical (unpaired) electrons. The molecule has 94 valence electrons. The van der Waals surface area contributed by atoms with E-state index in [2.05, 4.69) is 9.98 Å². The van der Waals surface area contributed by atoms with E-state index < -0.39 is 0 Å². The minimum absolute atomic E-state index is 0.0893. The van der Waals surface area contributed by atoms with Gasteiger partial charge in [0.1, 0.15) is 0 Å². The molecule has 0 saturated heterocycles. The van der Waals surface area contributed by atoms with Crippen molar-refractivity contribution in [2.75, 3.05) is 0 Å². The molecule has 2 unspecified atom stereocenters. The second kappa shape index (κ2) is 7.33. The molecule has 0 spiro atoms. The number of carbonyl (C=O) groups excluding carboxylic acids is 2. The smallest absolute Gasteiger partial charge is 0.211 e. The summed E-state index contributed by atoms with van der Waals surface area (Å²) in [6.45, 7) is 3.74. The number of hydrogen-bond donors (Lipinski definition) is 0. The highest BCUT2D eigenvalue weighted by Gasteiger charge is 2.09. The molecule has 0 aliphatic rings. The molecule has 0 heterocycles. The normalized spacial score (nSPS) is 13.0. The average molecular weight is 244 g/mol. The van der Waals surface area contributed by atoms with Crippen LogP contribution in [0.1, 0.15) is 25.0 Å². The van der Waals surface area contributed by atoms with Gasteiger partial charge in [-0.1, -0.05) is 24.3 Å². The summed E-state index contributed by atoms with van der Waals surface area (Å²) in [4.78, 5) is 27.8. The Kier molecular flexibility index (Phi) is 5.72. The van der Waals surface area contributed by atoms with Crippen LogP contribution in [0.4, 0.5) is 0 Å². The first-order chi connectivity index (χ1) is 8.67. The van der Waals surface area contributed by atoms with E-state index in [1.54, 1.807) is 12.2 Å². The number of isocyanates is 2. The third-order valence-corrected chi connectivity index (χ3v) is 2.70. The SMILES string of the molecule is CC(Cc1ccccc1CC(C)N=C=O)N=C=O. The lowest BCUT2D eigenvalue weighted by atomic mass is 9.97. The van der Waals surface area contributed by atoms with E-state index in [1.807, 2.05) is 38.1 Å². The fraction of sp³-hybridized carbons (Fsp3) is 0.429. The van der Waals surface area contributed by atoms with Gasteiger partial charge in [0.15, 0.2) is 0 Å². The predicted octanol–water partition coefficient (Wildman–Crippen LogP) is 2.22. The Morgan fingerprint density at radius 1 is 0.944 bits per heavy atom. The van der Waals surface area contributed by atoms with Crippen molar-refractivity contribution < 1.29 is 9.59 Å². The lowest BCUT2D eigenvalue weighted by molar-refractivity contribution is 0.556. The minimum atomic E-state index is -0.0893. The van der Waals surface area contributed by atoms with Crippen LogP contribution >= 0.6 is 0 Å². The van der Waals surface area contributed by atoms with E-state index in [9.17, 15) is 9.59 Å². The van der Waals surface area contributed by atoms with Gasteiger partial charge in [0.25, 0.3) is 0 Å². The molecular weight excluding hydrogens is 228 g/mol. The number of rotatable bonds is 6. The van der Waals surface area contributed by atoms with Gasteiger partial charge >= 0.3 is 0 Å². The molecule has 0 saturated carbocycles. The maximum absolute atomic E-state index is 10.2. The van der Waals surface area contributed by atoms with Gasteiger partial charge in [-0.2, -0.15) is 0 Å². The molecule has 0 aliphatic heterocycles. The van der Waals surface area contributed by atoms with E-state index in [0.29, 0.717) is 12.8 Å². The first kappa shape index (κ1) is 14.0. The molecule has 0 bridgehead atoms. The van der Waals surface area contributed by atoms with Crippen LogP contribution < -0.4 is 0 Å². The van der Waals surface area contributed by atoms with Crippen molar-refractivity contribution in [1.29, 1.82) is 0 Å². The first-order valence-electron chi connectivity index (χ1n) is 5.88. The van der Waals surface area contributed by atoms with Crippen molar-refractivity contribution in [2.45, 2.75) is 38.8 Å². The Bertz CT molecular complexity index is 441. The van der Waals surface area contributed by atoms with E-state index in [0.717, 1.165) is 11.1 Å². The van der Waals surface area contributed by atoms with Crippen molar-refractivity contribution >= 4 is 12.2 Å². The van der Waals surface area contributed by atoms with Crippen LogP contribution in [0.5, 0.6) is 0 Å². The summed E-state index contributed by atoms with van der Waals surface area (Å²) >= 11 is 0. The summed E-state index contributed by atoms with van der Waals surface area (Å²) in [5.74, 6) is 0. The van der Waals surface area contributed by atoms with E-state index in [-0.39, 0.29) is 12.1 Å². The van der Waals surface area contributed by atoms with E-state index in [4.69, 9.17) is 0 Å². The van der Waals surface area contributed by atoms with Crippen LogP contribution in [0.25, 0.3) is 0 Å². The number of benzene rings is 1. The molecule has 0 aliphatic carbocycles. The van der Waals surface area contributed by atoms with Crippen LogP contribution in [-0.2, 0) is 22.4 Å². The maximum Gasteiger partial charge on any atom is 0.235 e. The molecular formula is C14H16N2O2. The largest absolute Gasteiger partial charge is 0.235 e. The van der Waals surface area contributed by atoms with Gasteiger partial charge in [0.2, 0.25) is 12.2 Å². The topological polar surface area (TPSA) is 58.9 Å². The Balaban J connectivity index is 2.85. The zero-order valence-electron chi connectivity index (χ0n) is 10.6. The van der Waals surface area contributed by atoms with Crippen LogP contribution in [0, 0.1) is 0 Å². The summed E-state index contributed by atoms with van der Waals surface area (Å²) in [7, 11) is 0. The highest BCUT2D eigenvalue weighted by Crippen LogP contribution is 2.15. The summed E-state index contributed by atoms with van der Waals surface area (Å²) in [5, 5.41) is 0. The molecule has 4 heteroatoms. The Morgan fingerprint density at radius 3 is 1.67 bits per heavy atom. The number of hydrogen-bond acceptors (Lipinski definition) is 4. The predicted molar refractivity (Wildman–Crippen MR) is 69.0 cm³/mol. The van der Waals surface area contributed by atoms with Gasteiger partial charge in [0, 0.05) is 0 Å². The molecule has 0 aromatic heterocycles. The van der Waals surface area contributed by atoms with Crippen LogP contribution in [0.3, 0.4) is 0 Å². The molecule has 2 atom stereocenters. The Hall–Kier alpha value is -2.02. The molecule has 1 aromatic rings. The zero-order chi connectivity index (χ0) is 13.4. The number of nitrogens with zero attached hydrogens (tertiary/aromatic N) is 2. The fourth-order valence-corrected chi connectivity index (χ4v) is 1.86. The summed E-state index contributed by atoms with van der Waals surface area (Å²) < 4.78 is 0. The minimum Gasteiger partial charge on any atom is -0.211 e. The second-order valence-electron chi connectivity index (χ2n) is 4.32. The monoisotopic (exact) mass is 244 g/mol. The van der Waals surface area contributed by atoms with Crippen molar-refractivity contribution in [1.82, 2.24) is 0 Å². The van der Waals surface area contributed by atoms with Gasteiger partial charge < -0.3 is 0 Å². The van der Waals surface area contributed by atoms with Crippen LogP contribution in [0.2, 0.25) is 0 Å².